The Kier molecular flexibility index (Phi) is 32.6. The van der Waals surface area contributed by atoms with Gasteiger partial charge in [0.15, 0.2) is 0 Å². The largest absolute Gasteiger partial charge is 0.472 e. The lowest BCUT2D eigenvalue weighted by molar-refractivity contribution is -0.154. The third kappa shape index (κ3) is 32.6. The van der Waals surface area contributed by atoms with Crippen molar-refractivity contribution in [3.05, 3.63) is 36.5 Å². The fraction of sp³-hybridized carbons (Fsp3) is 0.806. The molecular weight excluding hydrogens is 607 g/mol. The minimum absolute atomic E-state index is 0.0384. The normalized spacial score (nSPS) is 14.8. The molecular formula is C36H67O9P. The van der Waals surface area contributed by atoms with E-state index in [-0.39, 0.29) is 19.6 Å². The van der Waals surface area contributed by atoms with Gasteiger partial charge >= 0.3 is 13.8 Å². The molecule has 0 aliphatic carbocycles. The molecule has 0 aromatic heterocycles. The Morgan fingerprint density at radius 2 is 1.22 bits per heavy atom. The molecule has 0 fully saturated rings. The van der Waals surface area contributed by atoms with E-state index in [0.717, 1.165) is 77.0 Å². The first-order chi connectivity index (χ1) is 22.3. The SMILES string of the molecule is CCC/C=C\C/C=C\CCCCCCCCOCC(COP(=O)(O)OCC(O)CO)OC(=O)CCCCCCC/C=C\CCCC. The fourth-order valence-electron chi connectivity index (χ4n) is 4.49. The second-order valence-electron chi connectivity index (χ2n) is 11.9. The quantitative estimate of drug-likeness (QED) is 0.0265. The van der Waals surface area contributed by atoms with Gasteiger partial charge in [0.25, 0.3) is 0 Å². The van der Waals surface area contributed by atoms with Crippen LogP contribution < -0.4 is 0 Å². The van der Waals surface area contributed by atoms with Crippen molar-refractivity contribution in [3.63, 3.8) is 0 Å². The number of phosphoric acid groups is 1. The molecule has 3 atom stereocenters. The van der Waals surface area contributed by atoms with E-state index in [9.17, 15) is 19.4 Å². The van der Waals surface area contributed by atoms with E-state index < -0.39 is 39.2 Å². The van der Waals surface area contributed by atoms with Crippen molar-refractivity contribution in [1.82, 2.24) is 0 Å². The standard InChI is InChI=1S/C36H67O9P/c1-3-5-7-9-11-13-15-16-17-19-21-23-25-27-29-42-32-35(33-44-46(40,41)43-31-34(38)30-37)45-36(39)28-26-24-22-20-18-14-12-10-8-6-4-2/h7,9-10,12-13,15,34-35,37-38H,3-6,8,11,14,16-33H2,1-2H3,(H,40,41)/b9-7-,12-10-,15-13-. The first kappa shape index (κ1) is 44.7. The lowest BCUT2D eigenvalue weighted by atomic mass is 10.1. The van der Waals surface area contributed by atoms with Gasteiger partial charge in [0.2, 0.25) is 0 Å². The van der Waals surface area contributed by atoms with Crippen LogP contribution in [-0.2, 0) is 27.9 Å². The Balaban J connectivity index is 4.29. The first-order valence-corrected chi connectivity index (χ1v) is 19.5. The predicted octanol–water partition coefficient (Wildman–Crippen LogP) is 8.91. The van der Waals surface area contributed by atoms with Crippen molar-refractivity contribution >= 4 is 13.8 Å². The van der Waals surface area contributed by atoms with Crippen LogP contribution in [-0.4, -0.2) is 66.3 Å². The van der Waals surface area contributed by atoms with E-state index in [0.29, 0.717) is 13.0 Å². The summed E-state index contributed by atoms with van der Waals surface area (Å²) < 4.78 is 33.1. The van der Waals surface area contributed by atoms with E-state index >= 15 is 0 Å². The molecule has 0 aromatic rings. The second kappa shape index (κ2) is 33.6. The van der Waals surface area contributed by atoms with Crippen molar-refractivity contribution in [2.45, 2.75) is 154 Å². The number of phosphoric ester groups is 1. The summed E-state index contributed by atoms with van der Waals surface area (Å²) in [5.74, 6) is -0.400. The summed E-state index contributed by atoms with van der Waals surface area (Å²) in [4.78, 5) is 22.4. The van der Waals surface area contributed by atoms with Gasteiger partial charge < -0.3 is 24.6 Å². The van der Waals surface area contributed by atoms with Gasteiger partial charge in [-0.15, -0.1) is 0 Å². The molecule has 46 heavy (non-hydrogen) atoms. The molecule has 0 aliphatic heterocycles. The highest BCUT2D eigenvalue weighted by Crippen LogP contribution is 2.43. The number of ether oxygens (including phenoxy) is 2. The van der Waals surface area contributed by atoms with E-state index in [1.165, 1.54) is 38.5 Å². The number of aliphatic hydroxyl groups is 2. The number of aliphatic hydroxyl groups excluding tert-OH is 2. The van der Waals surface area contributed by atoms with Crippen LogP contribution in [0.5, 0.6) is 0 Å². The maximum absolute atomic E-state index is 12.5. The van der Waals surface area contributed by atoms with Crippen LogP contribution in [0.15, 0.2) is 36.5 Å². The third-order valence-corrected chi connectivity index (χ3v) is 8.23. The van der Waals surface area contributed by atoms with E-state index in [2.05, 4.69) is 50.3 Å². The van der Waals surface area contributed by atoms with Crippen LogP contribution in [0.1, 0.15) is 142 Å². The van der Waals surface area contributed by atoms with Crippen molar-refractivity contribution < 1.29 is 43.0 Å². The molecule has 0 saturated heterocycles. The third-order valence-electron chi connectivity index (χ3n) is 7.28. The highest BCUT2D eigenvalue weighted by Gasteiger charge is 2.26. The fourth-order valence-corrected chi connectivity index (χ4v) is 5.28. The molecule has 0 bridgehead atoms. The average Bonchev–Trinajstić information content (AvgIpc) is 3.04. The summed E-state index contributed by atoms with van der Waals surface area (Å²) >= 11 is 0. The number of rotatable bonds is 34. The van der Waals surface area contributed by atoms with Gasteiger partial charge in [-0.2, -0.15) is 0 Å². The molecule has 0 spiro atoms. The number of carbonyl (C=O) groups excluding carboxylic acids is 1. The minimum atomic E-state index is -4.51. The molecule has 3 N–H and O–H groups in total. The van der Waals surface area contributed by atoms with Gasteiger partial charge in [-0.1, -0.05) is 115 Å². The van der Waals surface area contributed by atoms with E-state index in [4.69, 9.17) is 23.6 Å². The van der Waals surface area contributed by atoms with Crippen molar-refractivity contribution in [3.8, 4) is 0 Å². The number of hydrogen-bond acceptors (Lipinski definition) is 8. The maximum Gasteiger partial charge on any atom is 0.472 e. The van der Waals surface area contributed by atoms with E-state index in [1.54, 1.807) is 0 Å². The maximum atomic E-state index is 12.5. The summed E-state index contributed by atoms with van der Waals surface area (Å²) in [7, 11) is -4.51. The summed E-state index contributed by atoms with van der Waals surface area (Å²) in [6.45, 7) is 3.36. The molecule has 0 radical (unpaired) electrons. The van der Waals surface area contributed by atoms with Gasteiger partial charge in [0.05, 0.1) is 26.4 Å². The molecule has 3 unspecified atom stereocenters. The smallest absolute Gasteiger partial charge is 0.457 e. The van der Waals surface area contributed by atoms with Crippen LogP contribution in [0.25, 0.3) is 0 Å². The topological polar surface area (TPSA) is 132 Å². The van der Waals surface area contributed by atoms with Crippen molar-refractivity contribution in [1.29, 1.82) is 0 Å². The highest BCUT2D eigenvalue weighted by atomic mass is 31.2. The van der Waals surface area contributed by atoms with Crippen LogP contribution in [0.3, 0.4) is 0 Å². The molecule has 0 saturated carbocycles. The summed E-state index contributed by atoms with van der Waals surface area (Å²) in [6, 6.07) is 0. The Hall–Kier alpha value is -1.32. The number of hydrogen-bond donors (Lipinski definition) is 3. The van der Waals surface area contributed by atoms with Crippen molar-refractivity contribution in [2.24, 2.45) is 0 Å². The predicted molar refractivity (Wildman–Crippen MR) is 187 cm³/mol. The Morgan fingerprint density at radius 3 is 1.85 bits per heavy atom. The summed E-state index contributed by atoms with van der Waals surface area (Å²) in [5.41, 5.74) is 0. The molecule has 0 aliphatic rings. The van der Waals surface area contributed by atoms with Crippen LogP contribution in [0.2, 0.25) is 0 Å². The minimum Gasteiger partial charge on any atom is -0.457 e. The monoisotopic (exact) mass is 674 g/mol. The van der Waals surface area contributed by atoms with Crippen molar-refractivity contribution in [2.75, 3.05) is 33.0 Å². The summed E-state index contributed by atoms with van der Waals surface area (Å²) in [6.07, 6.45) is 32.4. The molecule has 9 nitrogen and oxygen atoms in total. The van der Waals surface area contributed by atoms with Gasteiger partial charge in [-0.3, -0.25) is 13.8 Å². The van der Waals surface area contributed by atoms with Crippen LogP contribution in [0.4, 0.5) is 0 Å². The number of unbranched alkanes of at least 4 members (excludes halogenated alkanes) is 14. The highest BCUT2D eigenvalue weighted by molar-refractivity contribution is 7.47. The molecule has 0 heterocycles. The van der Waals surface area contributed by atoms with Crippen LogP contribution in [0, 0.1) is 0 Å². The summed E-state index contributed by atoms with van der Waals surface area (Å²) in [5, 5.41) is 18.2. The molecule has 270 valence electrons. The van der Waals surface area contributed by atoms with Gasteiger partial charge in [-0.25, -0.2) is 4.57 Å². The van der Waals surface area contributed by atoms with E-state index in [1.807, 2.05) is 0 Å². The molecule has 0 rings (SSSR count). The first-order valence-electron chi connectivity index (χ1n) is 18.0. The lowest BCUT2D eigenvalue weighted by Crippen LogP contribution is -2.29. The average molecular weight is 675 g/mol. The molecule has 10 heteroatoms. The van der Waals surface area contributed by atoms with Gasteiger partial charge in [0.1, 0.15) is 12.2 Å². The Bertz CT molecular complexity index is 815. The number of esters is 1. The Labute approximate surface area is 280 Å². The molecule has 0 amide bonds. The lowest BCUT2D eigenvalue weighted by Gasteiger charge is -2.20. The zero-order chi connectivity index (χ0) is 34.0. The molecule has 0 aromatic carbocycles. The van der Waals surface area contributed by atoms with Gasteiger partial charge in [-0.05, 0) is 57.8 Å². The number of allylic oxidation sites excluding steroid dienone is 6. The Morgan fingerprint density at radius 1 is 0.674 bits per heavy atom. The second-order valence-corrected chi connectivity index (χ2v) is 13.3. The van der Waals surface area contributed by atoms with Gasteiger partial charge in [0, 0.05) is 13.0 Å². The zero-order valence-electron chi connectivity index (χ0n) is 29.0. The zero-order valence-corrected chi connectivity index (χ0v) is 29.9. The van der Waals surface area contributed by atoms with Crippen LogP contribution >= 0.6 is 7.82 Å². The number of carbonyl (C=O) groups is 1.